The summed E-state index contributed by atoms with van der Waals surface area (Å²) in [5.74, 6) is 0. The molecule has 2 aromatic heterocycles. The lowest BCUT2D eigenvalue weighted by Crippen LogP contribution is -2.34. The van der Waals surface area contributed by atoms with Crippen molar-refractivity contribution in [3.63, 3.8) is 0 Å². The summed E-state index contributed by atoms with van der Waals surface area (Å²) >= 11 is 14.9. The fourth-order valence-electron chi connectivity index (χ4n) is 4.81. The van der Waals surface area contributed by atoms with Crippen LogP contribution in [0.25, 0.3) is 10.9 Å². The van der Waals surface area contributed by atoms with Crippen LogP contribution in [0.3, 0.4) is 0 Å². The summed E-state index contributed by atoms with van der Waals surface area (Å²) < 4.78 is 0. The monoisotopic (exact) mass is 562 g/mol. The molecule has 0 fully saturated rings. The highest BCUT2D eigenvalue weighted by Crippen LogP contribution is 2.39. The molecule has 0 bridgehead atoms. The fraction of sp³-hybridized carbons (Fsp3) is 0.185. The molecule has 2 aromatic carbocycles. The number of aryl methyl sites for hydroxylation is 1. The van der Waals surface area contributed by atoms with Gasteiger partial charge in [0.25, 0.3) is 0 Å². The third kappa shape index (κ3) is 4.62. The van der Waals surface area contributed by atoms with E-state index in [0.29, 0.717) is 26.8 Å². The Morgan fingerprint density at radius 1 is 1.16 bits per heavy atom. The van der Waals surface area contributed by atoms with E-state index in [0.717, 1.165) is 47.5 Å². The quantitative estimate of drug-likeness (QED) is 0.175. The molecule has 1 atom stereocenters. The molecule has 2 aliphatic rings. The van der Waals surface area contributed by atoms with Crippen molar-refractivity contribution in [2.45, 2.75) is 25.9 Å². The van der Waals surface area contributed by atoms with Crippen molar-refractivity contribution in [3.8, 4) is 6.07 Å². The summed E-state index contributed by atoms with van der Waals surface area (Å²) in [4.78, 5) is 5.85. The van der Waals surface area contributed by atoms with Gasteiger partial charge in [-0.1, -0.05) is 29.3 Å². The first-order chi connectivity index (χ1) is 18.5. The number of thiophene rings is 1. The van der Waals surface area contributed by atoms with Crippen LogP contribution >= 0.6 is 34.5 Å². The van der Waals surface area contributed by atoms with Crippen molar-refractivity contribution in [2.24, 2.45) is 0 Å². The Morgan fingerprint density at radius 3 is 2.82 bits per heavy atom. The zero-order valence-corrected chi connectivity index (χ0v) is 22.7. The third-order valence-corrected chi connectivity index (χ3v) is 8.52. The Bertz CT molecular complexity index is 1620. The lowest BCUT2D eigenvalue weighted by Gasteiger charge is -2.24. The molecule has 2 aliphatic heterocycles. The standard InChI is InChI=1S/C27H24Cl2N8S/c1-14-2-3-16(7-21(14)28)34-25-15(9-30)10-32-26-19(25)6-17(8-22(26)29)35-27(23-11-33-37-36-23)20-13-38-24-12-31-5-4-18(20)24/h2-3,6-8,10-11,13,27,31,33,35-37H,4-5,12H2,1H3,(H,32,34)/t27-/m0/s1. The van der Waals surface area contributed by atoms with Crippen molar-refractivity contribution in [2.75, 3.05) is 17.2 Å². The molecular weight excluding hydrogens is 539 g/mol. The molecule has 192 valence electrons. The molecule has 0 spiro atoms. The maximum atomic E-state index is 9.88. The Kier molecular flexibility index (Phi) is 6.74. The number of hydrogen-bond acceptors (Lipinski definition) is 9. The molecule has 4 heterocycles. The highest BCUT2D eigenvalue weighted by Gasteiger charge is 2.26. The summed E-state index contributed by atoms with van der Waals surface area (Å²) in [6.45, 7) is 3.79. The second kappa shape index (κ2) is 10.3. The maximum Gasteiger partial charge on any atom is 0.103 e. The normalized spacial score (nSPS) is 15.2. The van der Waals surface area contributed by atoms with E-state index in [1.54, 1.807) is 17.5 Å². The number of nitrogens with zero attached hydrogens (tertiary/aromatic N) is 2. The minimum Gasteiger partial charge on any atom is -0.373 e. The van der Waals surface area contributed by atoms with Gasteiger partial charge in [-0.15, -0.1) is 11.3 Å². The number of hydrazine groups is 2. The van der Waals surface area contributed by atoms with Crippen molar-refractivity contribution < 1.29 is 0 Å². The molecule has 0 radical (unpaired) electrons. The summed E-state index contributed by atoms with van der Waals surface area (Å²) in [7, 11) is 0. The lowest BCUT2D eigenvalue weighted by molar-refractivity contribution is 0.581. The van der Waals surface area contributed by atoms with Crippen LogP contribution in [0.5, 0.6) is 0 Å². The van der Waals surface area contributed by atoms with Crippen LogP contribution in [0.4, 0.5) is 17.1 Å². The van der Waals surface area contributed by atoms with E-state index in [1.807, 2.05) is 43.5 Å². The highest BCUT2D eigenvalue weighted by atomic mass is 35.5. The number of rotatable bonds is 6. The summed E-state index contributed by atoms with van der Waals surface area (Å²) in [5, 5.41) is 24.5. The first-order valence-electron chi connectivity index (χ1n) is 12.1. The number of benzene rings is 2. The average Bonchev–Trinajstić information content (AvgIpc) is 3.61. The molecule has 0 saturated heterocycles. The van der Waals surface area contributed by atoms with Crippen molar-refractivity contribution in [1.82, 2.24) is 26.7 Å². The van der Waals surface area contributed by atoms with Gasteiger partial charge in [0.1, 0.15) is 6.07 Å². The minimum atomic E-state index is -0.150. The van der Waals surface area contributed by atoms with E-state index in [9.17, 15) is 5.26 Å². The molecule has 6 N–H and O–H groups in total. The van der Waals surface area contributed by atoms with Gasteiger partial charge < -0.3 is 26.8 Å². The van der Waals surface area contributed by atoms with Crippen LogP contribution in [0, 0.1) is 18.3 Å². The topological polar surface area (TPSA) is 109 Å². The van der Waals surface area contributed by atoms with Crippen molar-refractivity contribution >= 4 is 62.5 Å². The van der Waals surface area contributed by atoms with E-state index < -0.39 is 0 Å². The Labute approximate surface area is 234 Å². The van der Waals surface area contributed by atoms with Gasteiger partial charge in [0.15, 0.2) is 0 Å². The van der Waals surface area contributed by atoms with Gasteiger partial charge in [0, 0.05) is 45.6 Å². The molecule has 0 unspecified atom stereocenters. The Balaban J connectivity index is 1.44. The van der Waals surface area contributed by atoms with Gasteiger partial charge in [-0.25, -0.2) is 0 Å². The smallest absolute Gasteiger partial charge is 0.103 e. The molecule has 8 nitrogen and oxygen atoms in total. The van der Waals surface area contributed by atoms with E-state index in [-0.39, 0.29) is 6.04 Å². The van der Waals surface area contributed by atoms with Crippen LogP contribution in [0.2, 0.25) is 10.0 Å². The molecule has 0 aliphatic carbocycles. The molecule has 0 saturated carbocycles. The number of nitrogens with one attached hydrogen (secondary N) is 6. The van der Waals surface area contributed by atoms with Gasteiger partial charge in [-0.05, 0) is 66.2 Å². The zero-order chi connectivity index (χ0) is 26.2. The number of anilines is 3. The largest absolute Gasteiger partial charge is 0.373 e. The first kappa shape index (κ1) is 24.8. The Hall–Kier alpha value is -3.52. The lowest BCUT2D eigenvalue weighted by atomic mass is 9.97. The molecule has 0 amide bonds. The Morgan fingerprint density at radius 2 is 2.03 bits per heavy atom. The van der Waals surface area contributed by atoms with E-state index in [2.05, 4.69) is 48.8 Å². The number of pyridine rings is 1. The minimum absolute atomic E-state index is 0.150. The van der Waals surface area contributed by atoms with Crippen molar-refractivity contribution in [1.29, 1.82) is 5.26 Å². The van der Waals surface area contributed by atoms with E-state index >= 15 is 0 Å². The third-order valence-electron chi connectivity index (χ3n) is 6.78. The van der Waals surface area contributed by atoms with Gasteiger partial charge in [0.2, 0.25) is 0 Å². The summed E-state index contributed by atoms with van der Waals surface area (Å²) in [6.07, 6.45) is 4.43. The SMILES string of the molecule is Cc1ccc(Nc2c(C#N)cnc3c(Cl)cc(N[C@H](C4=CNNN4)c4csc5c4CCNC5)cc23)cc1Cl. The van der Waals surface area contributed by atoms with Gasteiger partial charge in [-0.2, -0.15) is 10.8 Å². The second-order valence-electron chi connectivity index (χ2n) is 9.19. The molecule has 4 aromatic rings. The molecule has 38 heavy (non-hydrogen) atoms. The van der Waals surface area contributed by atoms with Gasteiger partial charge >= 0.3 is 0 Å². The molecular formula is C27H24Cl2N8S. The molecule has 6 rings (SSSR count). The van der Waals surface area contributed by atoms with E-state index in [1.165, 1.54) is 16.0 Å². The summed E-state index contributed by atoms with van der Waals surface area (Å²) in [6, 6.07) is 11.7. The predicted octanol–water partition coefficient (Wildman–Crippen LogP) is 5.78. The van der Waals surface area contributed by atoms with Gasteiger partial charge in [-0.3, -0.25) is 4.98 Å². The van der Waals surface area contributed by atoms with Crippen LogP contribution in [0.1, 0.15) is 33.2 Å². The number of hydrogen-bond donors (Lipinski definition) is 6. The van der Waals surface area contributed by atoms with E-state index in [4.69, 9.17) is 23.2 Å². The number of aromatic nitrogens is 1. The number of fused-ring (bicyclic) bond motifs is 2. The highest BCUT2D eigenvalue weighted by molar-refractivity contribution is 7.10. The average molecular weight is 564 g/mol. The van der Waals surface area contributed by atoms with Crippen LogP contribution in [-0.2, 0) is 13.0 Å². The summed E-state index contributed by atoms with van der Waals surface area (Å²) in [5.41, 5.74) is 16.9. The number of halogens is 2. The zero-order valence-electron chi connectivity index (χ0n) is 20.4. The molecule has 11 heteroatoms. The fourth-order valence-corrected chi connectivity index (χ4v) is 6.35. The maximum absolute atomic E-state index is 9.88. The van der Waals surface area contributed by atoms with Crippen LogP contribution in [-0.4, -0.2) is 11.5 Å². The van der Waals surface area contributed by atoms with Crippen LogP contribution < -0.4 is 32.3 Å². The predicted molar refractivity (Wildman–Crippen MR) is 155 cm³/mol. The first-order valence-corrected chi connectivity index (χ1v) is 13.7. The van der Waals surface area contributed by atoms with Gasteiger partial charge in [0.05, 0.1) is 33.5 Å². The van der Waals surface area contributed by atoms with Crippen LogP contribution in [0.15, 0.2) is 53.8 Å². The second-order valence-corrected chi connectivity index (χ2v) is 11.0. The number of nitriles is 1. The van der Waals surface area contributed by atoms with Crippen molar-refractivity contribution in [3.05, 3.63) is 91.0 Å².